The number of nitrogens with one attached hydrogen (secondary N) is 1. The maximum absolute atomic E-state index is 12.0. The van der Waals surface area contributed by atoms with Gasteiger partial charge in [-0.3, -0.25) is 4.79 Å². The number of hydrogen-bond acceptors (Lipinski definition) is 5. The van der Waals surface area contributed by atoms with Crippen molar-refractivity contribution < 1.29 is 14.3 Å². The first-order chi connectivity index (χ1) is 12.0. The molecule has 0 fully saturated rings. The summed E-state index contributed by atoms with van der Waals surface area (Å²) in [7, 11) is 0. The predicted molar refractivity (Wildman–Crippen MR) is 103 cm³/mol. The molecule has 3 rings (SSSR count). The summed E-state index contributed by atoms with van der Waals surface area (Å²) < 4.78 is 11.6. The summed E-state index contributed by atoms with van der Waals surface area (Å²) in [5.41, 5.74) is 5.66. The van der Waals surface area contributed by atoms with Crippen molar-refractivity contribution in [1.29, 1.82) is 0 Å². The highest BCUT2D eigenvalue weighted by Gasteiger charge is 2.12. The molecule has 0 spiro atoms. The molecule has 0 saturated heterocycles. The minimum Gasteiger partial charge on any atom is -0.454 e. The third-order valence-electron chi connectivity index (χ3n) is 3.61. The Kier molecular flexibility index (Phi) is 5.65. The molecule has 1 N–H and O–H groups in total. The quantitative estimate of drug-likeness (QED) is 0.450. The number of aryl methyl sites for hydroxylation is 2. The lowest BCUT2D eigenvalue weighted by atomic mass is 10.2. The minimum atomic E-state index is -0.151. The van der Waals surface area contributed by atoms with Crippen LogP contribution in [0.1, 0.15) is 16.7 Å². The number of halogens is 1. The number of nitrogens with zero attached hydrogens (tertiary/aromatic N) is 1. The monoisotopic (exact) mass is 420 g/mol. The molecule has 0 bridgehead atoms. The SMILES string of the molecule is Cc1cc(SCC(=O)N/N=C/c2ccc3c(c2)OCO3)c(C)cc1Br. The fraction of sp³-hybridized carbons (Fsp3) is 0.222. The predicted octanol–water partition coefficient (Wildman–Crippen LogP) is 4.04. The molecule has 1 amide bonds. The average molecular weight is 421 g/mol. The van der Waals surface area contributed by atoms with E-state index >= 15 is 0 Å². The topological polar surface area (TPSA) is 59.9 Å². The number of ether oxygens (including phenoxy) is 2. The van der Waals surface area contributed by atoms with Gasteiger partial charge in [0.1, 0.15) is 0 Å². The molecule has 0 atom stereocenters. The van der Waals surface area contributed by atoms with Gasteiger partial charge in [0, 0.05) is 9.37 Å². The first-order valence-corrected chi connectivity index (χ1v) is 9.42. The van der Waals surface area contributed by atoms with E-state index in [0.717, 1.165) is 31.8 Å². The molecular weight excluding hydrogens is 404 g/mol. The molecule has 0 saturated carbocycles. The van der Waals surface area contributed by atoms with Crippen LogP contribution in [0.5, 0.6) is 11.5 Å². The lowest BCUT2D eigenvalue weighted by Gasteiger charge is -2.08. The Bertz CT molecular complexity index is 839. The Balaban J connectivity index is 1.52. The van der Waals surface area contributed by atoms with E-state index < -0.39 is 0 Å². The summed E-state index contributed by atoms with van der Waals surface area (Å²) in [5, 5.41) is 3.99. The third-order valence-corrected chi connectivity index (χ3v) is 5.63. The number of carbonyl (C=O) groups is 1. The zero-order chi connectivity index (χ0) is 17.8. The van der Waals surface area contributed by atoms with Gasteiger partial charge >= 0.3 is 0 Å². The van der Waals surface area contributed by atoms with Crippen molar-refractivity contribution in [2.24, 2.45) is 5.10 Å². The van der Waals surface area contributed by atoms with Gasteiger partial charge in [-0.25, -0.2) is 5.43 Å². The van der Waals surface area contributed by atoms with Gasteiger partial charge in [0.25, 0.3) is 0 Å². The van der Waals surface area contributed by atoms with Crippen LogP contribution >= 0.6 is 27.7 Å². The Morgan fingerprint density at radius 1 is 1.24 bits per heavy atom. The number of hydrogen-bond donors (Lipinski definition) is 1. The van der Waals surface area contributed by atoms with E-state index in [1.807, 2.05) is 32.0 Å². The summed E-state index contributed by atoms with van der Waals surface area (Å²) >= 11 is 5.01. The van der Waals surface area contributed by atoms with Gasteiger partial charge in [-0.05, 0) is 60.9 Å². The van der Waals surface area contributed by atoms with Crippen LogP contribution in [-0.4, -0.2) is 24.7 Å². The molecule has 7 heteroatoms. The first-order valence-electron chi connectivity index (χ1n) is 7.64. The third kappa shape index (κ3) is 4.55. The largest absolute Gasteiger partial charge is 0.454 e. The highest BCUT2D eigenvalue weighted by atomic mass is 79.9. The van der Waals surface area contributed by atoms with E-state index in [-0.39, 0.29) is 12.7 Å². The molecular formula is C18H17BrN2O3S. The van der Waals surface area contributed by atoms with Crippen LogP contribution in [0.2, 0.25) is 0 Å². The second-order valence-corrected chi connectivity index (χ2v) is 7.43. The Hall–Kier alpha value is -1.99. The summed E-state index contributed by atoms with van der Waals surface area (Å²) in [6, 6.07) is 9.63. The van der Waals surface area contributed by atoms with E-state index in [4.69, 9.17) is 9.47 Å². The fourth-order valence-electron chi connectivity index (χ4n) is 2.26. The lowest BCUT2D eigenvalue weighted by Crippen LogP contribution is -2.19. The highest BCUT2D eigenvalue weighted by molar-refractivity contribution is 9.10. The molecule has 0 aliphatic carbocycles. The molecule has 5 nitrogen and oxygen atoms in total. The summed E-state index contributed by atoms with van der Waals surface area (Å²) in [4.78, 5) is 13.1. The van der Waals surface area contributed by atoms with Gasteiger partial charge in [0.2, 0.25) is 12.7 Å². The second kappa shape index (κ2) is 7.93. The zero-order valence-electron chi connectivity index (χ0n) is 13.8. The molecule has 1 aliphatic heterocycles. The summed E-state index contributed by atoms with van der Waals surface area (Å²) in [6.45, 7) is 4.30. The molecule has 0 aromatic heterocycles. The van der Waals surface area contributed by atoms with Gasteiger partial charge < -0.3 is 9.47 Å². The molecule has 130 valence electrons. The van der Waals surface area contributed by atoms with Crippen LogP contribution < -0.4 is 14.9 Å². The Morgan fingerprint density at radius 3 is 2.88 bits per heavy atom. The molecule has 0 unspecified atom stereocenters. The van der Waals surface area contributed by atoms with E-state index in [1.54, 1.807) is 6.21 Å². The van der Waals surface area contributed by atoms with E-state index in [2.05, 4.69) is 38.6 Å². The normalized spacial score (nSPS) is 12.6. The standard InChI is InChI=1S/C18H17BrN2O3S/c1-11-6-17(12(2)5-14(11)19)25-9-18(22)21-20-8-13-3-4-15-16(7-13)24-10-23-15/h3-8H,9-10H2,1-2H3,(H,21,22)/b20-8+. The summed E-state index contributed by atoms with van der Waals surface area (Å²) in [5.74, 6) is 1.56. The smallest absolute Gasteiger partial charge is 0.250 e. The molecule has 25 heavy (non-hydrogen) atoms. The van der Waals surface area contributed by atoms with E-state index in [0.29, 0.717) is 11.5 Å². The van der Waals surface area contributed by atoms with Crippen molar-refractivity contribution in [2.45, 2.75) is 18.7 Å². The van der Waals surface area contributed by atoms with Crippen molar-refractivity contribution in [3.8, 4) is 11.5 Å². The van der Waals surface area contributed by atoms with Crippen LogP contribution in [0, 0.1) is 13.8 Å². The molecule has 0 radical (unpaired) electrons. The van der Waals surface area contributed by atoms with Gasteiger partial charge in [-0.15, -0.1) is 11.8 Å². The van der Waals surface area contributed by atoms with Crippen molar-refractivity contribution in [3.05, 3.63) is 51.5 Å². The number of benzene rings is 2. The maximum atomic E-state index is 12.0. The van der Waals surface area contributed by atoms with Crippen molar-refractivity contribution in [1.82, 2.24) is 5.43 Å². The number of fused-ring (bicyclic) bond motifs is 1. The molecule has 2 aromatic carbocycles. The Labute approximate surface area is 158 Å². The van der Waals surface area contributed by atoms with Gasteiger partial charge in [-0.2, -0.15) is 5.10 Å². The number of amides is 1. The van der Waals surface area contributed by atoms with Gasteiger partial charge in [-0.1, -0.05) is 15.9 Å². The maximum Gasteiger partial charge on any atom is 0.250 e. The van der Waals surface area contributed by atoms with E-state index in [1.165, 1.54) is 11.8 Å². The average Bonchev–Trinajstić information content (AvgIpc) is 3.04. The fourth-order valence-corrected chi connectivity index (χ4v) is 3.61. The first kappa shape index (κ1) is 17.8. The number of carbonyl (C=O) groups excluding carboxylic acids is 1. The van der Waals surface area contributed by atoms with Crippen LogP contribution in [0.3, 0.4) is 0 Å². The van der Waals surface area contributed by atoms with Crippen molar-refractivity contribution in [3.63, 3.8) is 0 Å². The van der Waals surface area contributed by atoms with Crippen LogP contribution in [0.15, 0.2) is 44.8 Å². The molecule has 1 aliphatic rings. The number of thioether (sulfide) groups is 1. The second-order valence-electron chi connectivity index (χ2n) is 5.56. The number of hydrazone groups is 1. The Morgan fingerprint density at radius 2 is 2.04 bits per heavy atom. The zero-order valence-corrected chi connectivity index (χ0v) is 16.2. The molecule has 2 aromatic rings. The molecule has 1 heterocycles. The van der Waals surface area contributed by atoms with Crippen LogP contribution in [-0.2, 0) is 4.79 Å². The van der Waals surface area contributed by atoms with E-state index in [9.17, 15) is 4.79 Å². The van der Waals surface area contributed by atoms with Crippen LogP contribution in [0.25, 0.3) is 0 Å². The van der Waals surface area contributed by atoms with Gasteiger partial charge in [0.05, 0.1) is 12.0 Å². The minimum absolute atomic E-state index is 0.151. The van der Waals surface area contributed by atoms with Crippen LogP contribution in [0.4, 0.5) is 0 Å². The van der Waals surface area contributed by atoms with Gasteiger partial charge in [0.15, 0.2) is 11.5 Å². The van der Waals surface area contributed by atoms with Crippen molar-refractivity contribution in [2.75, 3.05) is 12.5 Å². The number of rotatable bonds is 5. The lowest BCUT2D eigenvalue weighted by molar-refractivity contribution is -0.118. The van der Waals surface area contributed by atoms with Crippen molar-refractivity contribution >= 4 is 39.8 Å². The highest BCUT2D eigenvalue weighted by Crippen LogP contribution is 2.32. The summed E-state index contributed by atoms with van der Waals surface area (Å²) in [6.07, 6.45) is 1.58.